The summed E-state index contributed by atoms with van der Waals surface area (Å²) < 4.78 is 30.8. The molecule has 0 saturated heterocycles. The molecular weight excluding hydrogens is 427 g/mol. The van der Waals surface area contributed by atoms with E-state index in [4.69, 9.17) is 24.7 Å². The molecule has 33 heavy (non-hydrogen) atoms. The molecule has 4 rings (SSSR count). The van der Waals surface area contributed by atoms with Crippen LogP contribution in [0.1, 0.15) is 22.6 Å². The van der Waals surface area contributed by atoms with Gasteiger partial charge in [0.25, 0.3) is 0 Å². The highest BCUT2D eigenvalue weighted by Gasteiger charge is 2.15. The fourth-order valence-corrected chi connectivity index (χ4v) is 3.69. The number of rotatable bonds is 9. The number of fused-ring (bicyclic) bond motifs is 1. The smallest absolute Gasteiger partial charge is 0.307 e. The molecule has 8 heteroatoms. The lowest BCUT2D eigenvalue weighted by Gasteiger charge is -2.12. The molecule has 0 aliphatic rings. The molecule has 0 bridgehead atoms. The van der Waals surface area contributed by atoms with Crippen LogP contribution >= 0.6 is 0 Å². The number of pyridine rings is 1. The standard InChI is InChI=1S/C25H23FN2O5/c1-31-14-21-10-18-6-15(13-32-23-3-2-19(26)8-17(23)11-24(29)30)7-22(25(18)33-21)16-4-5-28-20(9-16)12-27/h2-10H,11-14,27H2,1H3,(H,29,30). The number of nitrogens with zero attached hydrogens (tertiary/aromatic N) is 1. The molecular formula is C25H23FN2O5. The summed E-state index contributed by atoms with van der Waals surface area (Å²) in [4.78, 5) is 15.4. The Labute approximate surface area is 189 Å². The van der Waals surface area contributed by atoms with Crippen LogP contribution < -0.4 is 10.5 Å². The number of ether oxygens (including phenoxy) is 2. The monoisotopic (exact) mass is 450 g/mol. The quantitative estimate of drug-likeness (QED) is 0.388. The van der Waals surface area contributed by atoms with Gasteiger partial charge in [-0.05, 0) is 59.7 Å². The van der Waals surface area contributed by atoms with Gasteiger partial charge in [0.1, 0.15) is 36.1 Å². The molecule has 3 N–H and O–H groups in total. The number of aliphatic carboxylic acids is 1. The molecule has 0 radical (unpaired) electrons. The number of carboxylic acids is 1. The minimum Gasteiger partial charge on any atom is -0.489 e. The molecule has 0 spiro atoms. The third kappa shape index (κ3) is 5.19. The number of carbonyl (C=O) groups is 1. The third-order valence-electron chi connectivity index (χ3n) is 5.11. The van der Waals surface area contributed by atoms with E-state index in [2.05, 4.69) is 4.98 Å². The number of aromatic nitrogens is 1. The Balaban J connectivity index is 1.72. The number of hydrogen-bond donors (Lipinski definition) is 2. The van der Waals surface area contributed by atoms with Crippen molar-refractivity contribution in [3.63, 3.8) is 0 Å². The van der Waals surface area contributed by atoms with Crippen LogP contribution in [0.2, 0.25) is 0 Å². The zero-order valence-corrected chi connectivity index (χ0v) is 18.0. The number of carboxylic acid groups (broad SMARTS) is 1. The summed E-state index contributed by atoms with van der Waals surface area (Å²) in [5.41, 5.74) is 10.1. The summed E-state index contributed by atoms with van der Waals surface area (Å²) >= 11 is 0. The van der Waals surface area contributed by atoms with Crippen molar-refractivity contribution in [3.05, 3.63) is 83.1 Å². The first-order valence-electron chi connectivity index (χ1n) is 10.3. The van der Waals surface area contributed by atoms with Gasteiger partial charge in [-0.2, -0.15) is 0 Å². The van der Waals surface area contributed by atoms with E-state index >= 15 is 0 Å². The second kappa shape index (κ2) is 9.81. The van der Waals surface area contributed by atoms with Crippen molar-refractivity contribution < 1.29 is 28.2 Å². The average Bonchev–Trinajstić information content (AvgIpc) is 3.20. The van der Waals surface area contributed by atoms with Crippen molar-refractivity contribution in [2.45, 2.75) is 26.2 Å². The van der Waals surface area contributed by atoms with Crippen molar-refractivity contribution >= 4 is 16.9 Å². The molecule has 2 heterocycles. The lowest BCUT2D eigenvalue weighted by atomic mass is 10.0. The number of furan rings is 1. The maximum absolute atomic E-state index is 13.6. The van der Waals surface area contributed by atoms with Crippen LogP contribution in [0.25, 0.3) is 22.1 Å². The Morgan fingerprint density at radius 2 is 2.00 bits per heavy atom. The predicted octanol–water partition coefficient (Wildman–Crippen LogP) is 4.45. The third-order valence-corrected chi connectivity index (χ3v) is 5.11. The molecule has 0 atom stereocenters. The molecule has 0 aliphatic heterocycles. The summed E-state index contributed by atoms with van der Waals surface area (Å²) in [7, 11) is 1.60. The second-order valence-corrected chi connectivity index (χ2v) is 7.56. The van der Waals surface area contributed by atoms with Gasteiger partial charge in [0, 0.05) is 36.4 Å². The Kier molecular flexibility index (Phi) is 6.67. The van der Waals surface area contributed by atoms with E-state index in [9.17, 15) is 9.18 Å². The maximum atomic E-state index is 13.6. The molecule has 2 aromatic heterocycles. The molecule has 0 unspecified atom stereocenters. The van der Waals surface area contributed by atoms with Crippen LogP contribution in [0.15, 0.2) is 59.1 Å². The summed E-state index contributed by atoms with van der Waals surface area (Å²) in [6, 6.07) is 13.4. The van der Waals surface area contributed by atoms with E-state index in [1.165, 1.54) is 18.2 Å². The van der Waals surface area contributed by atoms with Gasteiger partial charge in [-0.3, -0.25) is 9.78 Å². The highest BCUT2D eigenvalue weighted by atomic mass is 19.1. The molecule has 7 nitrogen and oxygen atoms in total. The first-order chi connectivity index (χ1) is 16.0. The summed E-state index contributed by atoms with van der Waals surface area (Å²) in [6.45, 7) is 0.795. The normalized spacial score (nSPS) is 11.1. The van der Waals surface area contributed by atoms with Gasteiger partial charge in [-0.1, -0.05) is 0 Å². The zero-order valence-electron chi connectivity index (χ0n) is 18.0. The highest BCUT2D eigenvalue weighted by molar-refractivity contribution is 5.93. The predicted molar refractivity (Wildman–Crippen MR) is 120 cm³/mol. The summed E-state index contributed by atoms with van der Waals surface area (Å²) in [5.74, 6) is -0.573. The van der Waals surface area contributed by atoms with E-state index in [1.807, 2.05) is 30.3 Å². The molecule has 2 aromatic carbocycles. The van der Waals surface area contributed by atoms with Crippen molar-refractivity contribution in [2.75, 3.05) is 7.11 Å². The van der Waals surface area contributed by atoms with E-state index in [1.54, 1.807) is 13.3 Å². The van der Waals surface area contributed by atoms with Crippen molar-refractivity contribution in [2.24, 2.45) is 5.73 Å². The van der Waals surface area contributed by atoms with E-state index in [-0.39, 0.29) is 18.6 Å². The fraction of sp³-hybridized carbons (Fsp3) is 0.200. The van der Waals surface area contributed by atoms with Crippen molar-refractivity contribution in [1.82, 2.24) is 4.98 Å². The van der Waals surface area contributed by atoms with Gasteiger partial charge in [0.15, 0.2) is 0 Å². The molecule has 0 fully saturated rings. The Morgan fingerprint density at radius 3 is 2.76 bits per heavy atom. The van der Waals surface area contributed by atoms with E-state index < -0.39 is 11.8 Å². The Bertz CT molecular complexity index is 1300. The van der Waals surface area contributed by atoms with Crippen LogP contribution in [-0.2, 0) is 35.7 Å². The summed E-state index contributed by atoms with van der Waals surface area (Å²) in [5, 5.41) is 9.99. The van der Waals surface area contributed by atoms with Gasteiger partial charge in [0.05, 0.1) is 12.1 Å². The fourth-order valence-electron chi connectivity index (χ4n) is 3.69. The van der Waals surface area contributed by atoms with Gasteiger partial charge >= 0.3 is 5.97 Å². The molecule has 170 valence electrons. The second-order valence-electron chi connectivity index (χ2n) is 7.56. The number of methoxy groups -OCH3 is 1. The minimum atomic E-state index is -1.06. The highest BCUT2D eigenvalue weighted by Crippen LogP contribution is 2.33. The largest absolute Gasteiger partial charge is 0.489 e. The van der Waals surface area contributed by atoms with Crippen molar-refractivity contribution in [1.29, 1.82) is 0 Å². The molecule has 0 aliphatic carbocycles. The van der Waals surface area contributed by atoms with Gasteiger partial charge < -0.3 is 24.7 Å². The first kappa shape index (κ1) is 22.4. The lowest BCUT2D eigenvalue weighted by Crippen LogP contribution is -2.05. The van der Waals surface area contributed by atoms with Gasteiger partial charge in [0.2, 0.25) is 0 Å². The number of hydrogen-bond acceptors (Lipinski definition) is 6. The average molecular weight is 450 g/mol. The number of benzene rings is 2. The van der Waals surface area contributed by atoms with Crippen LogP contribution in [0.3, 0.4) is 0 Å². The lowest BCUT2D eigenvalue weighted by molar-refractivity contribution is -0.136. The van der Waals surface area contributed by atoms with Crippen LogP contribution in [0.5, 0.6) is 5.75 Å². The number of halogens is 1. The molecule has 0 amide bonds. The van der Waals surface area contributed by atoms with Crippen LogP contribution in [-0.4, -0.2) is 23.2 Å². The van der Waals surface area contributed by atoms with Crippen LogP contribution in [0, 0.1) is 5.82 Å². The topological polar surface area (TPSA) is 108 Å². The molecule has 4 aromatic rings. The van der Waals surface area contributed by atoms with E-state index in [0.717, 1.165) is 27.8 Å². The van der Waals surface area contributed by atoms with Crippen LogP contribution in [0.4, 0.5) is 4.39 Å². The molecule has 0 saturated carbocycles. The minimum absolute atomic E-state index is 0.154. The summed E-state index contributed by atoms with van der Waals surface area (Å²) in [6.07, 6.45) is 1.36. The Hall–Kier alpha value is -3.75. The van der Waals surface area contributed by atoms with Gasteiger partial charge in [-0.25, -0.2) is 4.39 Å². The van der Waals surface area contributed by atoms with Crippen molar-refractivity contribution in [3.8, 4) is 16.9 Å². The first-order valence-corrected chi connectivity index (χ1v) is 10.3. The zero-order chi connectivity index (χ0) is 23.4. The SMILES string of the molecule is COCc1cc2cc(COc3ccc(F)cc3CC(=O)O)cc(-c3ccnc(CN)c3)c2o1. The maximum Gasteiger partial charge on any atom is 0.307 e. The van der Waals surface area contributed by atoms with Gasteiger partial charge in [-0.15, -0.1) is 0 Å². The van der Waals surface area contributed by atoms with E-state index in [0.29, 0.717) is 30.2 Å². The number of nitrogens with two attached hydrogens (primary N) is 1. The Morgan fingerprint density at radius 1 is 1.15 bits per heavy atom.